The van der Waals surface area contributed by atoms with E-state index in [1.54, 1.807) is 17.1 Å². The van der Waals surface area contributed by atoms with E-state index < -0.39 is 0 Å². The number of nitrogens with zero attached hydrogens (tertiary/aromatic N) is 2. The van der Waals surface area contributed by atoms with Crippen molar-refractivity contribution in [3.8, 4) is 0 Å². The molecular formula is C10H8BrN3S. The van der Waals surface area contributed by atoms with Crippen molar-refractivity contribution in [2.75, 3.05) is 5.32 Å². The Balaban J connectivity index is 2.09. The first-order chi connectivity index (χ1) is 7.25. The van der Waals surface area contributed by atoms with Gasteiger partial charge in [-0.05, 0) is 42.5 Å². The summed E-state index contributed by atoms with van der Waals surface area (Å²) in [5.41, 5.74) is 0.943. The van der Waals surface area contributed by atoms with Crippen LogP contribution in [0.15, 0.2) is 47.2 Å². The summed E-state index contributed by atoms with van der Waals surface area (Å²) in [6.45, 7) is 0. The van der Waals surface area contributed by atoms with Crippen LogP contribution in [0, 0.1) is 0 Å². The van der Waals surface area contributed by atoms with Crippen molar-refractivity contribution in [2.45, 2.75) is 0 Å². The summed E-state index contributed by atoms with van der Waals surface area (Å²) in [5.74, 6) is 0. The van der Waals surface area contributed by atoms with Crippen molar-refractivity contribution in [1.29, 1.82) is 0 Å². The molecule has 0 amide bonds. The van der Waals surface area contributed by atoms with Gasteiger partial charge < -0.3 is 5.32 Å². The van der Waals surface area contributed by atoms with E-state index in [9.17, 15) is 0 Å². The van der Waals surface area contributed by atoms with Gasteiger partial charge in [0.05, 0.1) is 0 Å². The minimum atomic E-state index is 0.558. The summed E-state index contributed by atoms with van der Waals surface area (Å²) in [5, 5.41) is 7.67. The summed E-state index contributed by atoms with van der Waals surface area (Å²) in [4.78, 5) is 0. The fourth-order valence-electron chi connectivity index (χ4n) is 1.10. The number of hydrogen-bond acceptors (Lipinski definition) is 2. The Bertz CT molecular complexity index is 450. The fraction of sp³-hybridized carbons (Fsp3) is 0. The zero-order valence-corrected chi connectivity index (χ0v) is 10.1. The first-order valence-electron chi connectivity index (χ1n) is 4.32. The third-order valence-electron chi connectivity index (χ3n) is 1.81. The first-order valence-corrected chi connectivity index (χ1v) is 5.52. The van der Waals surface area contributed by atoms with Crippen molar-refractivity contribution < 1.29 is 0 Å². The largest absolute Gasteiger partial charge is 0.331 e. The molecule has 1 aromatic carbocycles. The molecule has 0 aliphatic heterocycles. The van der Waals surface area contributed by atoms with Crippen LogP contribution in [0.4, 0.5) is 5.69 Å². The highest BCUT2D eigenvalue weighted by molar-refractivity contribution is 9.10. The Hall–Kier alpha value is -1.20. The van der Waals surface area contributed by atoms with Gasteiger partial charge in [-0.1, -0.05) is 15.9 Å². The Morgan fingerprint density at radius 2 is 2.07 bits per heavy atom. The minimum absolute atomic E-state index is 0.558. The van der Waals surface area contributed by atoms with E-state index in [1.807, 2.05) is 30.3 Å². The average Bonchev–Trinajstić information content (AvgIpc) is 2.74. The van der Waals surface area contributed by atoms with Crippen LogP contribution >= 0.6 is 28.1 Å². The molecule has 0 saturated heterocycles. The van der Waals surface area contributed by atoms with Gasteiger partial charge in [0, 0.05) is 22.6 Å². The molecule has 1 N–H and O–H groups in total. The minimum Gasteiger partial charge on any atom is -0.331 e. The Morgan fingerprint density at radius 1 is 1.33 bits per heavy atom. The van der Waals surface area contributed by atoms with Gasteiger partial charge in [-0.2, -0.15) is 5.10 Å². The molecular weight excluding hydrogens is 274 g/mol. The maximum absolute atomic E-state index is 5.17. The number of benzene rings is 1. The number of nitrogens with one attached hydrogen (secondary N) is 1. The Morgan fingerprint density at radius 3 is 2.67 bits per heavy atom. The van der Waals surface area contributed by atoms with E-state index >= 15 is 0 Å². The standard InChI is InChI=1S/C10H8BrN3S/c11-8-2-4-9(5-3-8)13-10(15)14-7-1-6-12-14/h1-7H,(H,13,15). The molecule has 2 rings (SSSR count). The van der Waals surface area contributed by atoms with E-state index in [2.05, 4.69) is 26.3 Å². The van der Waals surface area contributed by atoms with Crippen LogP contribution in [-0.4, -0.2) is 14.9 Å². The van der Waals surface area contributed by atoms with Crippen molar-refractivity contribution >= 4 is 38.9 Å². The number of aromatic nitrogens is 2. The van der Waals surface area contributed by atoms with Gasteiger partial charge in [-0.25, -0.2) is 4.68 Å². The zero-order valence-electron chi connectivity index (χ0n) is 7.72. The summed E-state index contributed by atoms with van der Waals surface area (Å²) >= 11 is 8.54. The third kappa shape index (κ3) is 2.64. The van der Waals surface area contributed by atoms with Crippen LogP contribution in [0.1, 0.15) is 0 Å². The Kier molecular flexibility index (Phi) is 3.13. The number of hydrogen-bond donors (Lipinski definition) is 1. The lowest BCUT2D eigenvalue weighted by Crippen LogP contribution is -2.19. The van der Waals surface area contributed by atoms with Gasteiger partial charge in [0.25, 0.3) is 0 Å². The summed E-state index contributed by atoms with van der Waals surface area (Å²) in [6, 6.07) is 9.62. The smallest absolute Gasteiger partial charge is 0.198 e. The van der Waals surface area contributed by atoms with Gasteiger partial charge >= 0.3 is 0 Å². The average molecular weight is 282 g/mol. The molecule has 15 heavy (non-hydrogen) atoms. The predicted octanol–water partition coefficient (Wildman–Crippen LogP) is 2.89. The molecule has 76 valence electrons. The third-order valence-corrected chi connectivity index (χ3v) is 2.63. The Labute approximate surface area is 101 Å². The lowest BCUT2D eigenvalue weighted by atomic mass is 10.3. The van der Waals surface area contributed by atoms with Crippen molar-refractivity contribution in [3.63, 3.8) is 0 Å². The second-order valence-electron chi connectivity index (χ2n) is 2.89. The molecule has 1 aromatic heterocycles. The molecule has 0 unspecified atom stereocenters. The molecule has 0 fully saturated rings. The second kappa shape index (κ2) is 4.55. The molecule has 5 heteroatoms. The van der Waals surface area contributed by atoms with E-state index in [-0.39, 0.29) is 0 Å². The molecule has 0 saturated carbocycles. The van der Waals surface area contributed by atoms with Crippen molar-refractivity contribution in [3.05, 3.63) is 47.2 Å². The van der Waals surface area contributed by atoms with E-state index in [0.717, 1.165) is 10.2 Å². The molecule has 0 aliphatic carbocycles. The zero-order chi connectivity index (χ0) is 10.7. The maximum atomic E-state index is 5.17. The van der Waals surface area contributed by atoms with Gasteiger partial charge in [-0.15, -0.1) is 0 Å². The number of rotatable bonds is 1. The molecule has 2 aromatic rings. The summed E-state index contributed by atoms with van der Waals surface area (Å²) in [7, 11) is 0. The molecule has 1 heterocycles. The van der Waals surface area contributed by atoms with Crippen LogP contribution in [-0.2, 0) is 0 Å². The number of thiocarbonyl (C=S) groups is 1. The van der Waals surface area contributed by atoms with Crippen LogP contribution in [0.2, 0.25) is 0 Å². The van der Waals surface area contributed by atoms with Gasteiger partial charge in [0.2, 0.25) is 0 Å². The second-order valence-corrected chi connectivity index (χ2v) is 4.19. The lowest BCUT2D eigenvalue weighted by molar-refractivity contribution is 0.947. The topological polar surface area (TPSA) is 29.9 Å². The summed E-state index contributed by atoms with van der Waals surface area (Å²) < 4.78 is 2.65. The highest BCUT2D eigenvalue weighted by atomic mass is 79.9. The lowest BCUT2D eigenvalue weighted by Gasteiger charge is -2.07. The van der Waals surface area contributed by atoms with Crippen LogP contribution in [0.25, 0.3) is 0 Å². The molecule has 0 radical (unpaired) electrons. The van der Waals surface area contributed by atoms with E-state index in [0.29, 0.717) is 5.11 Å². The van der Waals surface area contributed by atoms with Crippen molar-refractivity contribution in [2.24, 2.45) is 0 Å². The van der Waals surface area contributed by atoms with Gasteiger partial charge in [0.15, 0.2) is 5.11 Å². The predicted molar refractivity (Wildman–Crippen MR) is 68.0 cm³/mol. The molecule has 0 aliphatic rings. The first kappa shape index (κ1) is 10.3. The highest BCUT2D eigenvalue weighted by Crippen LogP contribution is 2.14. The number of halogens is 1. The number of anilines is 1. The molecule has 3 nitrogen and oxygen atoms in total. The van der Waals surface area contributed by atoms with E-state index in [4.69, 9.17) is 12.2 Å². The van der Waals surface area contributed by atoms with Gasteiger partial charge in [0.1, 0.15) is 0 Å². The van der Waals surface area contributed by atoms with Crippen LogP contribution < -0.4 is 5.32 Å². The molecule has 0 atom stereocenters. The van der Waals surface area contributed by atoms with E-state index in [1.165, 1.54) is 0 Å². The maximum Gasteiger partial charge on any atom is 0.198 e. The quantitative estimate of drug-likeness (QED) is 0.816. The molecule has 0 bridgehead atoms. The van der Waals surface area contributed by atoms with Crippen molar-refractivity contribution in [1.82, 2.24) is 9.78 Å². The fourth-order valence-corrected chi connectivity index (χ4v) is 1.59. The highest BCUT2D eigenvalue weighted by Gasteiger charge is 1.99. The van der Waals surface area contributed by atoms with Crippen LogP contribution in [0.5, 0.6) is 0 Å². The van der Waals surface area contributed by atoms with Gasteiger partial charge in [-0.3, -0.25) is 0 Å². The normalized spacial score (nSPS) is 9.93. The monoisotopic (exact) mass is 281 g/mol. The summed E-state index contributed by atoms with van der Waals surface area (Å²) in [6.07, 6.45) is 3.49. The SMILES string of the molecule is S=C(Nc1ccc(Br)cc1)n1cccn1. The van der Waals surface area contributed by atoms with Crippen LogP contribution in [0.3, 0.4) is 0 Å². The molecule has 0 spiro atoms.